The van der Waals surface area contributed by atoms with E-state index in [0.717, 1.165) is 45.4 Å². The largest absolute Gasteiger partial charge is 0.381 e. The second kappa shape index (κ2) is 8.99. The molecule has 136 valence electrons. The zero-order chi connectivity index (χ0) is 17.5. The van der Waals surface area contributed by atoms with E-state index in [9.17, 15) is 9.59 Å². The molecule has 0 spiro atoms. The highest BCUT2D eigenvalue weighted by molar-refractivity contribution is 5.79. The van der Waals surface area contributed by atoms with Gasteiger partial charge in [-0.05, 0) is 31.2 Å². The third-order valence-corrected chi connectivity index (χ3v) is 5.14. The van der Waals surface area contributed by atoms with E-state index in [1.165, 1.54) is 5.56 Å². The fourth-order valence-corrected chi connectivity index (χ4v) is 3.63. The minimum absolute atomic E-state index is 0.00841. The van der Waals surface area contributed by atoms with Crippen LogP contribution in [-0.4, -0.2) is 61.0 Å². The van der Waals surface area contributed by atoms with Gasteiger partial charge in [-0.1, -0.05) is 30.3 Å². The summed E-state index contributed by atoms with van der Waals surface area (Å²) >= 11 is 0. The Morgan fingerprint density at radius 1 is 1.00 bits per heavy atom. The van der Waals surface area contributed by atoms with Crippen molar-refractivity contribution in [1.82, 2.24) is 9.80 Å². The lowest BCUT2D eigenvalue weighted by atomic mass is 10.0. The van der Waals surface area contributed by atoms with E-state index < -0.39 is 0 Å². The van der Waals surface area contributed by atoms with Gasteiger partial charge in [-0.15, -0.1) is 0 Å². The topological polar surface area (TPSA) is 49.9 Å². The molecule has 0 N–H and O–H groups in total. The third kappa shape index (κ3) is 5.05. The molecule has 1 aromatic rings. The van der Waals surface area contributed by atoms with Crippen molar-refractivity contribution in [2.45, 2.75) is 32.1 Å². The van der Waals surface area contributed by atoms with Crippen molar-refractivity contribution in [2.24, 2.45) is 5.92 Å². The number of hydrogen-bond donors (Lipinski definition) is 0. The molecule has 2 saturated heterocycles. The van der Waals surface area contributed by atoms with Crippen LogP contribution in [0.15, 0.2) is 30.3 Å². The van der Waals surface area contributed by atoms with Crippen LogP contribution in [0.4, 0.5) is 0 Å². The van der Waals surface area contributed by atoms with Crippen LogP contribution in [0, 0.1) is 5.92 Å². The van der Waals surface area contributed by atoms with Crippen LogP contribution in [0.3, 0.4) is 0 Å². The molecule has 0 aromatic heterocycles. The first-order valence-corrected chi connectivity index (χ1v) is 9.42. The molecule has 1 atom stereocenters. The summed E-state index contributed by atoms with van der Waals surface area (Å²) in [4.78, 5) is 29.0. The second-order valence-corrected chi connectivity index (χ2v) is 6.96. The lowest BCUT2D eigenvalue weighted by Gasteiger charge is -2.28. The highest BCUT2D eigenvalue weighted by atomic mass is 16.5. The van der Waals surface area contributed by atoms with Crippen LogP contribution in [0.5, 0.6) is 0 Å². The fraction of sp³-hybridized carbons (Fsp3) is 0.600. The maximum absolute atomic E-state index is 12.6. The van der Waals surface area contributed by atoms with Crippen LogP contribution < -0.4 is 0 Å². The minimum atomic E-state index is 0.00841. The monoisotopic (exact) mass is 344 g/mol. The molecule has 2 aliphatic rings. The number of rotatable bonds is 4. The van der Waals surface area contributed by atoms with Crippen molar-refractivity contribution in [2.75, 3.05) is 39.4 Å². The van der Waals surface area contributed by atoms with Gasteiger partial charge in [0.15, 0.2) is 0 Å². The van der Waals surface area contributed by atoms with Gasteiger partial charge in [-0.25, -0.2) is 0 Å². The zero-order valence-corrected chi connectivity index (χ0v) is 14.9. The number of carbonyl (C=O) groups excluding carboxylic acids is 2. The molecular formula is C20H28N2O3. The summed E-state index contributed by atoms with van der Waals surface area (Å²) < 4.78 is 5.45. The molecule has 0 saturated carbocycles. The number of hydrogen-bond acceptors (Lipinski definition) is 3. The fourth-order valence-electron chi connectivity index (χ4n) is 3.63. The summed E-state index contributed by atoms with van der Waals surface area (Å²) in [5.74, 6) is 0.409. The lowest BCUT2D eigenvalue weighted by Crippen LogP contribution is -2.42. The molecule has 0 aliphatic carbocycles. The van der Waals surface area contributed by atoms with Gasteiger partial charge in [-0.3, -0.25) is 9.59 Å². The highest BCUT2D eigenvalue weighted by Gasteiger charge is 2.28. The van der Waals surface area contributed by atoms with Crippen LogP contribution >= 0.6 is 0 Å². The number of amides is 2. The number of ether oxygens (including phenoxy) is 1. The summed E-state index contributed by atoms with van der Waals surface area (Å²) in [6.45, 7) is 4.11. The van der Waals surface area contributed by atoms with Gasteiger partial charge in [0, 0.05) is 39.2 Å². The molecule has 2 amide bonds. The van der Waals surface area contributed by atoms with Crippen LogP contribution in [0.25, 0.3) is 0 Å². The molecule has 2 fully saturated rings. The van der Waals surface area contributed by atoms with Crippen LogP contribution in [0.1, 0.15) is 31.2 Å². The number of nitrogens with zero attached hydrogens (tertiary/aromatic N) is 2. The number of aryl methyl sites for hydroxylation is 1. The van der Waals surface area contributed by atoms with E-state index in [1.54, 1.807) is 0 Å². The van der Waals surface area contributed by atoms with Crippen molar-refractivity contribution in [3.8, 4) is 0 Å². The Bertz CT molecular complexity index is 570. The Morgan fingerprint density at radius 2 is 1.76 bits per heavy atom. The molecule has 1 aromatic carbocycles. The van der Waals surface area contributed by atoms with Crippen molar-refractivity contribution < 1.29 is 14.3 Å². The zero-order valence-electron chi connectivity index (χ0n) is 14.9. The van der Waals surface area contributed by atoms with E-state index in [2.05, 4.69) is 12.1 Å². The highest BCUT2D eigenvalue weighted by Crippen LogP contribution is 2.18. The first-order chi connectivity index (χ1) is 12.2. The van der Waals surface area contributed by atoms with Crippen molar-refractivity contribution in [1.29, 1.82) is 0 Å². The quantitative estimate of drug-likeness (QED) is 0.840. The maximum Gasteiger partial charge on any atom is 0.228 e. The van der Waals surface area contributed by atoms with Crippen molar-refractivity contribution in [3.05, 3.63) is 35.9 Å². The van der Waals surface area contributed by atoms with Gasteiger partial charge in [0.05, 0.1) is 12.5 Å². The molecule has 25 heavy (non-hydrogen) atoms. The molecule has 5 heteroatoms. The van der Waals surface area contributed by atoms with E-state index in [4.69, 9.17) is 4.74 Å². The first-order valence-electron chi connectivity index (χ1n) is 9.42. The van der Waals surface area contributed by atoms with Gasteiger partial charge in [-0.2, -0.15) is 0 Å². The Kier molecular flexibility index (Phi) is 6.45. The standard InChI is InChI=1S/C20H28N2O3/c23-19(10-9-17-6-2-1-3-7-17)21-11-5-12-22(14-13-21)20(24)18-8-4-15-25-16-18/h1-3,6-7,18H,4-5,8-16H2/t18-/m1/s1. The average molecular weight is 344 g/mol. The Morgan fingerprint density at radius 3 is 2.52 bits per heavy atom. The summed E-state index contributed by atoms with van der Waals surface area (Å²) in [5.41, 5.74) is 1.19. The lowest BCUT2D eigenvalue weighted by molar-refractivity contribution is -0.140. The Hall–Kier alpha value is -1.88. The Labute approximate surface area is 149 Å². The number of benzene rings is 1. The molecule has 5 nitrogen and oxygen atoms in total. The molecule has 0 unspecified atom stereocenters. The van der Waals surface area contributed by atoms with Gasteiger partial charge in [0.1, 0.15) is 0 Å². The van der Waals surface area contributed by atoms with Gasteiger partial charge < -0.3 is 14.5 Å². The molecule has 0 radical (unpaired) electrons. The number of carbonyl (C=O) groups is 2. The average Bonchev–Trinajstić information content (AvgIpc) is 2.93. The Balaban J connectivity index is 1.47. The van der Waals surface area contributed by atoms with E-state index in [-0.39, 0.29) is 17.7 Å². The summed E-state index contributed by atoms with van der Waals surface area (Å²) in [6, 6.07) is 10.1. The SMILES string of the molecule is O=C(CCc1ccccc1)N1CCCN(C(=O)[C@@H]2CCCOC2)CC1. The third-order valence-electron chi connectivity index (χ3n) is 5.14. The summed E-state index contributed by atoms with van der Waals surface area (Å²) in [5, 5.41) is 0. The normalized spacial score (nSPS) is 21.7. The van der Waals surface area contributed by atoms with Crippen molar-refractivity contribution in [3.63, 3.8) is 0 Å². The van der Waals surface area contributed by atoms with E-state index in [0.29, 0.717) is 26.1 Å². The minimum Gasteiger partial charge on any atom is -0.381 e. The van der Waals surface area contributed by atoms with E-state index >= 15 is 0 Å². The predicted molar refractivity (Wildman–Crippen MR) is 96.1 cm³/mol. The second-order valence-electron chi connectivity index (χ2n) is 6.96. The molecule has 2 heterocycles. The molecule has 0 bridgehead atoms. The molecular weight excluding hydrogens is 316 g/mol. The van der Waals surface area contributed by atoms with Gasteiger partial charge in [0.2, 0.25) is 11.8 Å². The van der Waals surface area contributed by atoms with Gasteiger partial charge >= 0.3 is 0 Å². The summed E-state index contributed by atoms with van der Waals surface area (Å²) in [6.07, 6.45) is 4.06. The molecule has 2 aliphatic heterocycles. The molecule has 3 rings (SSSR count). The van der Waals surface area contributed by atoms with Crippen LogP contribution in [0.2, 0.25) is 0 Å². The van der Waals surface area contributed by atoms with E-state index in [1.807, 2.05) is 28.0 Å². The van der Waals surface area contributed by atoms with Crippen LogP contribution in [-0.2, 0) is 20.7 Å². The predicted octanol–water partition coefficient (Wildman–Crippen LogP) is 2.11. The first kappa shape index (κ1) is 17.9. The smallest absolute Gasteiger partial charge is 0.228 e. The van der Waals surface area contributed by atoms with Gasteiger partial charge in [0.25, 0.3) is 0 Å². The maximum atomic E-state index is 12.6. The summed E-state index contributed by atoms with van der Waals surface area (Å²) in [7, 11) is 0. The van der Waals surface area contributed by atoms with Crippen molar-refractivity contribution >= 4 is 11.8 Å².